The molecule has 0 aliphatic heterocycles. The molecule has 0 atom stereocenters. The lowest BCUT2D eigenvalue weighted by atomic mass is 9.99. The quantitative estimate of drug-likeness (QED) is 0.522. The molecule has 0 spiro atoms. The van der Waals surface area contributed by atoms with E-state index in [1.165, 1.54) is 12.1 Å². The van der Waals surface area contributed by atoms with Crippen LogP contribution in [-0.2, 0) is 11.4 Å². The summed E-state index contributed by atoms with van der Waals surface area (Å²) in [5, 5.41) is 8.62. The second kappa shape index (κ2) is 9.78. The number of rotatable bonds is 9. The molecule has 0 heterocycles. The van der Waals surface area contributed by atoms with Crippen LogP contribution in [0.15, 0.2) is 60.7 Å². The van der Waals surface area contributed by atoms with Crippen molar-refractivity contribution in [2.45, 2.75) is 20.5 Å². The van der Waals surface area contributed by atoms with Crippen LogP contribution in [-0.4, -0.2) is 24.3 Å². The fourth-order valence-corrected chi connectivity index (χ4v) is 2.99. The van der Waals surface area contributed by atoms with Crippen molar-refractivity contribution in [1.82, 2.24) is 0 Å². The summed E-state index contributed by atoms with van der Waals surface area (Å²) in [5.74, 6) is -0.825. The Morgan fingerprint density at radius 2 is 1.73 bits per heavy atom. The van der Waals surface area contributed by atoms with Crippen LogP contribution in [0.5, 0.6) is 17.2 Å². The Morgan fingerprint density at radius 1 is 0.967 bits per heavy atom. The standard InChI is InChI=1S/C24H23FO5/c1-3-28-19-8-7-16(2)21(12-19)18-6-4-5-17(11-18)14-29-20-9-10-23(22(25)13-20)30-15-24(26)27/h4-13H,3,14-15H2,1-2H3,(H,26,27). The molecule has 0 saturated heterocycles. The predicted octanol–water partition coefficient (Wildman–Crippen LogP) is 5.24. The Labute approximate surface area is 174 Å². The van der Waals surface area contributed by atoms with Gasteiger partial charge in [0.1, 0.15) is 18.1 Å². The summed E-state index contributed by atoms with van der Waals surface area (Å²) in [7, 11) is 0. The Balaban J connectivity index is 1.71. The molecule has 0 amide bonds. The van der Waals surface area contributed by atoms with Crippen LogP contribution in [0.25, 0.3) is 11.1 Å². The van der Waals surface area contributed by atoms with Crippen molar-refractivity contribution in [3.63, 3.8) is 0 Å². The first-order valence-electron chi connectivity index (χ1n) is 9.56. The molecule has 3 aromatic carbocycles. The van der Waals surface area contributed by atoms with Crippen molar-refractivity contribution in [3.8, 4) is 28.4 Å². The molecule has 5 nitrogen and oxygen atoms in total. The van der Waals surface area contributed by atoms with Crippen LogP contribution in [0.3, 0.4) is 0 Å². The zero-order chi connectivity index (χ0) is 21.5. The lowest BCUT2D eigenvalue weighted by molar-refractivity contribution is -0.139. The van der Waals surface area contributed by atoms with E-state index in [2.05, 4.69) is 0 Å². The molecule has 1 N–H and O–H groups in total. The van der Waals surface area contributed by atoms with Gasteiger partial charge in [-0.05, 0) is 66.4 Å². The molecule has 0 bridgehead atoms. The SMILES string of the molecule is CCOc1ccc(C)c(-c2cccc(COc3ccc(OCC(=O)O)c(F)c3)c2)c1. The number of ether oxygens (including phenoxy) is 3. The summed E-state index contributed by atoms with van der Waals surface area (Å²) < 4.78 is 30.2. The molecule has 6 heteroatoms. The van der Waals surface area contributed by atoms with Gasteiger partial charge in [0, 0.05) is 6.07 Å². The summed E-state index contributed by atoms with van der Waals surface area (Å²) >= 11 is 0. The van der Waals surface area contributed by atoms with Gasteiger partial charge >= 0.3 is 5.97 Å². The molecule has 0 aliphatic rings. The second-order valence-corrected chi connectivity index (χ2v) is 6.67. The number of carboxylic acids is 1. The third-order valence-corrected chi connectivity index (χ3v) is 4.42. The van der Waals surface area contributed by atoms with E-state index in [4.69, 9.17) is 19.3 Å². The van der Waals surface area contributed by atoms with Crippen molar-refractivity contribution < 1.29 is 28.5 Å². The van der Waals surface area contributed by atoms with Crippen LogP contribution >= 0.6 is 0 Å². The summed E-state index contributed by atoms with van der Waals surface area (Å²) in [4.78, 5) is 10.5. The van der Waals surface area contributed by atoms with Gasteiger partial charge in [-0.2, -0.15) is 0 Å². The number of benzene rings is 3. The van der Waals surface area contributed by atoms with Crippen molar-refractivity contribution in [3.05, 3.63) is 77.6 Å². The maximum atomic E-state index is 14.0. The van der Waals surface area contributed by atoms with E-state index in [-0.39, 0.29) is 12.4 Å². The minimum Gasteiger partial charge on any atom is -0.494 e. The molecule has 0 unspecified atom stereocenters. The monoisotopic (exact) mass is 410 g/mol. The molecule has 0 aromatic heterocycles. The minimum absolute atomic E-state index is 0.128. The summed E-state index contributed by atoms with van der Waals surface area (Å²) in [6.07, 6.45) is 0. The summed E-state index contributed by atoms with van der Waals surface area (Å²) in [6.45, 7) is 4.25. The number of halogens is 1. The first kappa shape index (κ1) is 21.2. The molecular formula is C24H23FO5. The van der Waals surface area contributed by atoms with Gasteiger partial charge in [-0.3, -0.25) is 0 Å². The smallest absolute Gasteiger partial charge is 0.341 e. The van der Waals surface area contributed by atoms with Crippen LogP contribution < -0.4 is 14.2 Å². The van der Waals surface area contributed by atoms with Gasteiger partial charge in [-0.15, -0.1) is 0 Å². The van der Waals surface area contributed by atoms with Gasteiger partial charge in [0.05, 0.1) is 6.61 Å². The first-order chi connectivity index (χ1) is 14.5. The normalized spacial score (nSPS) is 10.5. The molecule has 0 aliphatic carbocycles. The fourth-order valence-electron chi connectivity index (χ4n) is 2.99. The van der Waals surface area contributed by atoms with Gasteiger partial charge in [0.15, 0.2) is 18.2 Å². The van der Waals surface area contributed by atoms with Crippen molar-refractivity contribution >= 4 is 5.97 Å². The van der Waals surface area contributed by atoms with Gasteiger partial charge in [-0.1, -0.05) is 24.3 Å². The minimum atomic E-state index is -1.17. The van der Waals surface area contributed by atoms with E-state index in [9.17, 15) is 9.18 Å². The highest BCUT2D eigenvalue weighted by Crippen LogP contribution is 2.29. The van der Waals surface area contributed by atoms with Crippen LogP contribution in [0, 0.1) is 12.7 Å². The molecule has 3 aromatic rings. The van der Waals surface area contributed by atoms with Crippen LogP contribution in [0.1, 0.15) is 18.1 Å². The zero-order valence-electron chi connectivity index (χ0n) is 16.9. The topological polar surface area (TPSA) is 65.0 Å². The fraction of sp³-hybridized carbons (Fsp3) is 0.208. The molecule has 30 heavy (non-hydrogen) atoms. The number of carbonyl (C=O) groups is 1. The van der Waals surface area contributed by atoms with Crippen molar-refractivity contribution in [2.24, 2.45) is 0 Å². The average Bonchev–Trinajstić information content (AvgIpc) is 2.73. The number of carboxylic acid groups (broad SMARTS) is 1. The van der Waals surface area contributed by atoms with Crippen LogP contribution in [0.4, 0.5) is 4.39 Å². The number of hydrogen-bond acceptors (Lipinski definition) is 4. The van der Waals surface area contributed by atoms with E-state index in [0.717, 1.165) is 28.0 Å². The highest BCUT2D eigenvalue weighted by Gasteiger charge is 2.09. The lowest BCUT2D eigenvalue weighted by Crippen LogP contribution is -2.10. The van der Waals surface area contributed by atoms with E-state index >= 15 is 0 Å². The van der Waals surface area contributed by atoms with E-state index in [0.29, 0.717) is 12.4 Å². The zero-order valence-corrected chi connectivity index (χ0v) is 16.9. The van der Waals surface area contributed by atoms with Crippen LogP contribution in [0.2, 0.25) is 0 Å². The van der Waals surface area contributed by atoms with Crippen molar-refractivity contribution in [2.75, 3.05) is 13.2 Å². The van der Waals surface area contributed by atoms with E-state index in [1.54, 1.807) is 6.07 Å². The molecular weight excluding hydrogens is 387 g/mol. The predicted molar refractivity (Wildman–Crippen MR) is 112 cm³/mol. The van der Waals surface area contributed by atoms with E-state index in [1.807, 2.05) is 56.3 Å². The Bertz CT molecular complexity index is 1030. The molecule has 0 radical (unpaired) electrons. The van der Waals surface area contributed by atoms with Gasteiger partial charge in [0.2, 0.25) is 0 Å². The Hall–Kier alpha value is -3.54. The lowest BCUT2D eigenvalue weighted by Gasteiger charge is -2.12. The maximum Gasteiger partial charge on any atom is 0.341 e. The second-order valence-electron chi connectivity index (χ2n) is 6.67. The number of aliphatic carboxylic acids is 1. The third-order valence-electron chi connectivity index (χ3n) is 4.42. The van der Waals surface area contributed by atoms with Gasteiger partial charge in [0.25, 0.3) is 0 Å². The van der Waals surface area contributed by atoms with E-state index < -0.39 is 18.4 Å². The highest BCUT2D eigenvalue weighted by molar-refractivity contribution is 5.69. The summed E-state index contributed by atoms with van der Waals surface area (Å²) in [6, 6.07) is 18.0. The summed E-state index contributed by atoms with van der Waals surface area (Å²) in [5.41, 5.74) is 4.18. The van der Waals surface area contributed by atoms with Gasteiger partial charge < -0.3 is 19.3 Å². The third kappa shape index (κ3) is 5.50. The average molecular weight is 410 g/mol. The molecule has 3 rings (SSSR count). The van der Waals surface area contributed by atoms with Crippen molar-refractivity contribution in [1.29, 1.82) is 0 Å². The number of aryl methyl sites for hydroxylation is 1. The first-order valence-corrected chi connectivity index (χ1v) is 9.56. The Morgan fingerprint density at radius 3 is 2.47 bits per heavy atom. The van der Waals surface area contributed by atoms with Gasteiger partial charge in [-0.25, -0.2) is 9.18 Å². The maximum absolute atomic E-state index is 14.0. The number of hydrogen-bond donors (Lipinski definition) is 1. The largest absolute Gasteiger partial charge is 0.494 e. The highest BCUT2D eigenvalue weighted by atomic mass is 19.1. The molecule has 0 fully saturated rings. The Kier molecular flexibility index (Phi) is 6.91. The molecule has 0 saturated carbocycles. The molecule has 156 valence electrons.